The van der Waals surface area contributed by atoms with Gasteiger partial charge >= 0.3 is 0 Å². The summed E-state index contributed by atoms with van der Waals surface area (Å²) in [5, 5.41) is 4.13. The number of furan rings is 1. The first-order chi connectivity index (χ1) is 9.04. The Morgan fingerprint density at radius 1 is 1.32 bits per heavy atom. The maximum absolute atomic E-state index is 12.4. The third-order valence-corrected chi connectivity index (χ3v) is 3.29. The molecule has 0 aromatic carbocycles. The minimum absolute atomic E-state index is 0.0391. The Bertz CT molecular complexity index is 596. The van der Waals surface area contributed by atoms with Crippen molar-refractivity contribution in [3.8, 4) is 0 Å². The minimum atomic E-state index is 0.0391. The Kier molecular flexibility index (Phi) is 3.83. The molecule has 5 nitrogen and oxygen atoms in total. The van der Waals surface area contributed by atoms with E-state index in [9.17, 15) is 4.79 Å². The molecule has 0 amide bonds. The fourth-order valence-electron chi connectivity index (χ4n) is 2.26. The van der Waals surface area contributed by atoms with Crippen LogP contribution in [0.5, 0.6) is 0 Å². The molecule has 0 aliphatic rings. The quantitative estimate of drug-likeness (QED) is 0.776. The summed E-state index contributed by atoms with van der Waals surface area (Å²) in [5.74, 6) is 2.24. The van der Waals surface area contributed by atoms with Crippen molar-refractivity contribution in [3.63, 3.8) is 0 Å². The molecule has 0 fully saturated rings. The second-order valence-corrected chi connectivity index (χ2v) is 4.71. The van der Waals surface area contributed by atoms with Crippen LogP contribution >= 0.6 is 0 Å². The molecule has 0 aliphatic carbocycles. The number of ketones is 1. The molecule has 0 spiro atoms. The number of carbonyl (C=O) groups excluding carboxylic acids is 1. The van der Waals surface area contributed by atoms with Crippen molar-refractivity contribution >= 4 is 5.78 Å². The first-order valence-electron chi connectivity index (χ1n) is 6.51. The van der Waals surface area contributed by atoms with Crippen molar-refractivity contribution in [1.82, 2.24) is 14.8 Å². The molecule has 0 atom stereocenters. The van der Waals surface area contributed by atoms with Crippen molar-refractivity contribution in [2.45, 2.75) is 47.1 Å². The van der Waals surface area contributed by atoms with E-state index < -0.39 is 0 Å². The molecule has 0 saturated carbocycles. The monoisotopic (exact) mass is 261 g/mol. The van der Waals surface area contributed by atoms with E-state index in [-0.39, 0.29) is 12.2 Å². The first-order valence-corrected chi connectivity index (χ1v) is 6.51. The van der Waals surface area contributed by atoms with E-state index >= 15 is 0 Å². The maximum atomic E-state index is 12.4. The van der Waals surface area contributed by atoms with Crippen LogP contribution in [0.4, 0.5) is 0 Å². The van der Waals surface area contributed by atoms with Gasteiger partial charge in [0.05, 0.1) is 12.0 Å². The standard InChI is InChI=1S/C14H19N3O2/c1-5-6-17-13(15-8-16-17)7-12(18)14-9(2)10(3)19-11(14)4/h8H,5-7H2,1-4H3. The molecule has 0 N–H and O–H groups in total. The molecule has 0 bridgehead atoms. The number of rotatable bonds is 5. The van der Waals surface area contributed by atoms with E-state index in [2.05, 4.69) is 17.0 Å². The zero-order valence-electron chi connectivity index (χ0n) is 11.9. The van der Waals surface area contributed by atoms with Gasteiger partial charge in [-0.3, -0.25) is 4.79 Å². The number of carbonyl (C=O) groups is 1. The topological polar surface area (TPSA) is 60.9 Å². The van der Waals surface area contributed by atoms with E-state index in [1.54, 1.807) is 4.68 Å². The van der Waals surface area contributed by atoms with E-state index in [4.69, 9.17) is 4.42 Å². The molecule has 0 radical (unpaired) electrons. The third-order valence-electron chi connectivity index (χ3n) is 3.29. The van der Waals surface area contributed by atoms with Gasteiger partial charge in [0.1, 0.15) is 23.7 Å². The molecule has 2 heterocycles. The smallest absolute Gasteiger partial charge is 0.174 e. The molecule has 2 rings (SSSR count). The minimum Gasteiger partial charge on any atom is -0.466 e. The molecule has 2 aromatic heterocycles. The molecule has 102 valence electrons. The zero-order chi connectivity index (χ0) is 14.0. The largest absolute Gasteiger partial charge is 0.466 e. The van der Waals surface area contributed by atoms with Crippen molar-refractivity contribution in [2.75, 3.05) is 0 Å². The highest BCUT2D eigenvalue weighted by Gasteiger charge is 2.20. The molecule has 0 aliphatic heterocycles. The summed E-state index contributed by atoms with van der Waals surface area (Å²) in [4.78, 5) is 16.5. The summed E-state index contributed by atoms with van der Waals surface area (Å²) >= 11 is 0. The lowest BCUT2D eigenvalue weighted by Gasteiger charge is -2.04. The fraction of sp³-hybridized carbons (Fsp3) is 0.500. The Morgan fingerprint density at radius 2 is 2.05 bits per heavy atom. The Labute approximate surface area is 112 Å². The number of hydrogen-bond donors (Lipinski definition) is 0. The van der Waals surface area contributed by atoms with E-state index in [1.807, 2.05) is 20.8 Å². The number of aryl methyl sites for hydroxylation is 3. The summed E-state index contributed by atoms with van der Waals surface area (Å²) in [6.07, 6.45) is 2.73. The van der Waals surface area contributed by atoms with Crippen LogP contribution in [0.1, 0.15) is 46.6 Å². The van der Waals surface area contributed by atoms with Crippen LogP contribution in [0.2, 0.25) is 0 Å². The van der Waals surface area contributed by atoms with Crippen molar-refractivity contribution in [3.05, 3.63) is 34.8 Å². The lowest BCUT2D eigenvalue weighted by Crippen LogP contribution is -2.12. The van der Waals surface area contributed by atoms with E-state index in [0.29, 0.717) is 17.1 Å². The van der Waals surface area contributed by atoms with Gasteiger partial charge in [0, 0.05) is 12.1 Å². The van der Waals surface area contributed by atoms with E-state index in [1.165, 1.54) is 6.33 Å². The van der Waals surface area contributed by atoms with Crippen LogP contribution in [0.25, 0.3) is 0 Å². The van der Waals surface area contributed by atoms with Crippen molar-refractivity contribution in [1.29, 1.82) is 0 Å². The summed E-state index contributed by atoms with van der Waals surface area (Å²) < 4.78 is 7.29. The third kappa shape index (κ3) is 2.59. The second-order valence-electron chi connectivity index (χ2n) is 4.71. The predicted octanol–water partition coefficient (Wildman–Crippen LogP) is 2.63. The maximum Gasteiger partial charge on any atom is 0.174 e. The van der Waals surface area contributed by atoms with Gasteiger partial charge in [0.2, 0.25) is 0 Å². The highest BCUT2D eigenvalue weighted by Crippen LogP contribution is 2.22. The molecule has 2 aromatic rings. The Balaban J connectivity index is 2.23. The second kappa shape index (κ2) is 5.38. The molecule has 0 saturated heterocycles. The SMILES string of the molecule is CCCn1ncnc1CC(=O)c1c(C)oc(C)c1C. The molecular weight excluding hydrogens is 242 g/mol. The van der Waals surface area contributed by atoms with Crippen LogP contribution in [0.3, 0.4) is 0 Å². The lowest BCUT2D eigenvalue weighted by atomic mass is 10.0. The van der Waals surface area contributed by atoms with Crippen LogP contribution in [0.15, 0.2) is 10.7 Å². The van der Waals surface area contributed by atoms with Gasteiger partial charge in [0.15, 0.2) is 5.78 Å². The molecular formula is C14H19N3O2. The molecule has 0 unspecified atom stereocenters. The van der Waals surface area contributed by atoms with Gasteiger partial charge in [-0.15, -0.1) is 0 Å². The van der Waals surface area contributed by atoms with Crippen molar-refractivity contribution in [2.24, 2.45) is 0 Å². The number of aromatic nitrogens is 3. The number of nitrogens with zero attached hydrogens (tertiary/aromatic N) is 3. The number of Topliss-reactive ketones (excluding diaryl/α,β-unsaturated/α-hetero) is 1. The highest BCUT2D eigenvalue weighted by molar-refractivity contribution is 5.99. The van der Waals surface area contributed by atoms with Gasteiger partial charge < -0.3 is 4.42 Å². The number of hydrogen-bond acceptors (Lipinski definition) is 4. The van der Waals surface area contributed by atoms with E-state index in [0.717, 1.165) is 24.3 Å². The van der Waals surface area contributed by atoms with Crippen molar-refractivity contribution < 1.29 is 9.21 Å². The molecule has 19 heavy (non-hydrogen) atoms. The van der Waals surface area contributed by atoms with Crippen LogP contribution in [0, 0.1) is 20.8 Å². The Hall–Kier alpha value is -1.91. The van der Waals surface area contributed by atoms with Gasteiger partial charge in [-0.05, 0) is 27.2 Å². The Morgan fingerprint density at radius 3 is 2.63 bits per heavy atom. The summed E-state index contributed by atoms with van der Waals surface area (Å²) in [6.45, 7) is 8.46. The normalized spacial score (nSPS) is 10.9. The van der Waals surface area contributed by atoms with Crippen LogP contribution in [-0.4, -0.2) is 20.5 Å². The lowest BCUT2D eigenvalue weighted by molar-refractivity contribution is 0.0987. The summed E-state index contributed by atoms with van der Waals surface area (Å²) in [6, 6.07) is 0. The van der Waals surface area contributed by atoms with Gasteiger partial charge in [-0.1, -0.05) is 6.92 Å². The van der Waals surface area contributed by atoms with Crippen LogP contribution < -0.4 is 0 Å². The zero-order valence-corrected chi connectivity index (χ0v) is 11.9. The average molecular weight is 261 g/mol. The first kappa shape index (κ1) is 13.5. The van der Waals surface area contributed by atoms with Gasteiger partial charge in [-0.25, -0.2) is 9.67 Å². The molecule has 5 heteroatoms. The fourth-order valence-corrected chi connectivity index (χ4v) is 2.26. The van der Waals surface area contributed by atoms with Crippen LogP contribution in [-0.2, 0) is 13.0 Å². The summed E-state index contributed by atoms with van der Waals surface area (Å²) in [7, 11) is 0. The summed E-state index contributed by atoms with van der Waals surface area (Å²) in [5.41, 5.74) is 1.60. The predicted molar refractivity (Wildman–Crippen MR) is 71.3 cm³/mol. The average Bonchev–Trinajstić information content (AvgIpc) is 2.86. The highest BCUT2D eigenvalue weighted by atomic mass is 16.3. The van der Waals surface area contributed by atoms with Gasteiger partial charge in [0.25, 0.3) is 0 Å². The van der Waals surface area contributed by atoms with Gasteiger partial charge in [-0.2, -0.15) is 5.10 Å².